The zero-order valence-corrected chi connectivity index (χ0v) is 6.26. The van der Waals surface area contributed by atoms with E-state index in [2.05, 4.69) is 10.2 Å². The monoisotopic (exact) mass is 158 g/mol. The molecule has 0 saturated heterocycles. The van der Waals surface area contributed by atoms with Gasteiger partial charge in [-0.15, -0.1) is 5.10 Å². The standard InChI is InChI=1S/C6H7ClN2O/c1-4-2-5(3-10)8-9-6(4)7/h2,10H,3H2,1H3. The molecule has 0 saturated carbocycles. The van der Waals surface area contributed by atoms with Gasteiger partial charge < -0.3 is 5.11 Å². The second kappa shape index (κ2) is 2.94. The van der Waals surface area contributed by atoms with E-state index < -0.39 is 0 Å². The highest BCUT2D eigenvalue weighted by atomic mass is 35.5. The molecule has 1 heterocycles. The molecule has 0 aliphatic heterocycles. The van der Waals surface area contributed by atoms with Gasteiger partial charge in [-0.1, -0.05) is 11.6 Å². The number of aliphatic hydroxyl groups is 1. The lowest BCUT2D eigenvalue weighted by Crippen LogP contribution is -1.93. The van der Waals surface area contributed by atoms with Crippen molar-refractivity contribution in [1.29, 1.82) is 0 Å². The first-order valence-electron chi connectivity index (χ1n) is 2.83. The van der Waals surface area contributed by atoms with Crippen LogP contribution in [0.15, 0.2) is 6.07 Å². The molecule has 0 aliphatic carbocycles. The predicted octanol–water partition coefficient (Wildman–Crippen LogP) is 0.931. The van der Waals surface area contributed by atoms with Gasteiger partial charge in [0.2, 0.25) is 0 Å². The summed E-state index contributed by atoms with van der Waals surface area (Å²) in [4.78, 5) is 0. The molecule has 0 bridgehead atoms. The van der Waals surface area contributed by atoms with Gasteiger partial charge in [0.05, 0.1) is 12.3 Å². The van der Waals surface area contributed by atoms with E-state index in [0.29, 0.717) is 10.8 Å². The normalized spacial score (nSPS) is 9.90. The summed E-state index contributed by atoms with van der Waals surface area (Å²) in [5.41, 5.74) is 1.38. The second-order valence-corrected chi connectivity index (χ2v) is 2.33. The van der Waals surface area contributed by atoms with Crippen molar-refractivity contribution in [3.8, 4) is 0 Å². The van der Waals surface area contributed by atoms with Gasteiger partial charge in [-0.3, -0.25) is 0 Å². The van der Waals surface area contributed by atoms with Crippen LogP contribution in [0.25, 0.3) is 0 Å². The van der Waals surface area contributed by atoms with Crippen LogP contribution in [-0.4, -0.2) is 15.3 Å². The lowest BCUT2D eigenvalue weighted by Gasteiger charge is -1.96. The predicted molar refractivity (Wildman–Crippen MR) is 37.7 cm³/mol. The van der Waals surface area contributed by atoms with E-state index in [1.54, 1.807) is 6.07 Å². The zero-order valence-electron chi connectivity index (χ0n) is 5.50. The Bertz CT molecular complexity index is 239. The molecule has 1 N–H and O–H groups in total. The number of hydrogen-bond donors (Lipinski definition) is 1. The van der Waals surface area contributed by atoms with Crippen LogP contribution in [0.1, 0.15) is 11.3 Å². The first kappa shape index (κ1) is 7.44. The average Bonchev–Trinajstić information content (AvgIpc) is 1.95. The Hall–Kier alpha value is -0.670. The van der Waals surface area contributed by atoms with Gasteiger partial charge >= 0.3 is 0 Å². The number of rotatable bonds is 1. The molecule has 3 nitrogen and oxygen atoms in total. The van der Waals surface area contributed by atoms with Gasteiger partial charge in [0.15, 0.2) is 5.15 Å². The number of nitrogens with zero attached hydrogens (tertiary/aromatic N) is 2. The first-order valence-corrected chi connectivity index (χ1v) is 3.21. The molecule has 4 heteroatoms. The lowest BCUT2D eigenvalue weighted by molar-refractivity contribution is 0.275. The SMILES string of the molecule is Cc1cc(CO)nnc1Cl. The fourth-order valence-corrected chi connectivity index (χ4v) is 0.695. The van der Waals surface area contributed by atoms with E-state index in [-0.39, 0.29) is 6.61 Å². The summed E-state index contributed by atoms with van der Waals surface area (Å²) < 4.78 is 0. The molecule has 0 aliphatic rings. The fourth-order valence-electron chi connectivity index (χ4n) is 0.603. The molecule has 1 aromatic rings. The highest BCUT2D eigenvalue weighted by molar-refractivity contribution is 6.30. The minimum Gasteiger partial charge on any atom is -0.390 e. The lowest BCUT2D eigenvalue weighted by atomic mass is 10.3. The van der Waals surface area contributed by atoms with Crippen molar-refractivity contribution in [2.24, 2.45) is 0 Å². The molecule has 0 aromatic carbocycles. The highest BCUT2D eigenvalue weighted by Gasteiger charge is 1.97. The summed E-state index contributed by atoms with van der Waals surface area (Å²) in [5, 5.41) is 16.2. The van der Waals surface area contributed by atoms with Crippen LogP contribution in [0.2, 0.25) is 5.15 Å². The second-order valence-electron chi connectivity index (χ2n) is 1.97. The summed E-state index contributed by atoms with van der Waals surface area (Å²) in [5.74, 6) is 0. The molecule has 0 atom stereocenters. The largest absolute Gasteiger partial charge is 0.390 e. The average molecular weight is 159 g/mol. The molecule has 0 unspecified atom stereocenters. The molecular weight excluding hydrogens is 152 g/mol. The van der Waals surface area contributed by atoms with E-state index in [1.807, 2.05) is 6.92 Å². The Morgan fingerprint density at radius 2 is 2.30 bits per heavy atom. The molecule has 10 heavy (non-hydrogen) atoms. The molecule has 1 rings (SSSR count). The highest BCUT2D eigenvalue weighted by Crippen LogP contribution is 2.09. The number of hydrogen-bond acceptors (Lipinski definition) is 3. The van der Waals surface area contributed by atoms with Crippen LogP contribution >= 0.6 is 11.6 Å². The van der Waals surface area contributed by atoms with Crippen LogP contribution in [0.5, 0.6) is 0 Å². The number of aromatic nitrogens is 2. The van der Waals surface area contributed by atoms with E-state index in [4.69, 9.17) is 16.7 Å². The van der Waals surface area contributed by atoms with Crippen molar-refractivity contribution in [2.45, 2.75) is 13.5 Å². The number of aliphatic hydroxyl groups excluding tert-OH is 1. The van der Waals surface area contributed by atoms with Gasteiger partial charge in [0.25, 0.3) is 0 Å². The van der Waals surface area contributed by atoms with Gasteiger partial charge in [0, 0.05) is 0 Å². The zero-order chi connectivity index (χ0) is 7.56. The maximum Gasteiger partial charge on any atom is 0.154 e. The van der Waals surface area contributed by atoms with Crippen LogP contribution in [0, 0.1) is 6.92 Å². The van der Waals surface area contributed by atoms with Crippen LogP contribution in [0.3, 0.4) is 0 Å². The van der Waals surface area contributed by atoms with Crippen molar-refractivity contribution in [2.75, 3.05) is 0 Å². The quantitative estimate of drug-likeness (QED) is 0.662. The third kappa shape index (κ3) is 1.43. The number of aryl methyl sites for hydroxylation is 1. The molecule has 0 fully saturated rings. The minimum absolute atomic E-state index is 0.0923. The third-order valence-electron chi connectivity index (χ3n) is 1.14. The van der Waals surface area contributed by atoms with Crippen molar-refractivity contribution < 1.29 is 5.11 Å². The Kier molecular flexibility index (Phi) is 2.19. The molecule has 0 radical (unpaired) electrons. The first-order chi connectivity index (χ1) is 4.74. The van der Waals surface area contributed by atoms with Crippen molar-refractivity contribution >= 4 is 11.6 Å². The Balaban J connectivity index is 3.04. The maximum atomic E-state index is 8.61. The summed E-state index contributed by atoms with van der Waals surface area (Å²) in [6.45, 7) is 1.72. The van der Waals surface area contributed by atoms with E-state index in [0.717, 1.165) is 5.56 Å². The van der Waals surface area contributed by atoms with Gasteiger partial charge in [-0.05, 0) is 18.6 Å². The van der Waals surface area contributed by atoms with Gasteiger partial charge in [-0.2, -0.15) is 5.10 Å². The van der Waals surface area contributed by atoms with Crippen molar-refractivity contribution in [3.05, 3.63) is 22.5 Å². The molecule has 1 aromatic heterocycles. The maximum absolute atomic E-state index is 8.61. The Morgan fingerprint density at radius 1 is 1.60 bits per heavy atom. The summed E-state index contributed by atoms with van der Waals surface area (Å²) >= 11 is 5.58. The van der Waals surface area contributed by atoms with E-state index in [1.165, 1.54) is 0 Å². The van der Waals surface area contributed by atoms with Gasteiger partial charge in [-0.25, -0.2) is 0 Å². The van der Waals surface area contributed by atoms with Crippen molar-refractivity contribution in [3.63, 3.8) is 0 Å². The topological polar surface area (TPSA) is 46.0 Å². The summed E-state index contributed by atoms with van der Waals surface area (Å²) in [7, 11) is 0. The molecule has 54 valence electrons. The van der Waals surface area contributed by atoms with E-state index >= 15 is 0 Å². The van der Waals surface area contributed by atoms with Crippen LogP contribution in [-0.2, 0) is 6.61 Å². The van der Waals surface area contributed by atoms with Crippen LogP contribution < -0.4 is 0 Å². The van der Waals surface area contributed by atoms with Crippen molar-refractivity contribution in [1.82, 2.24) is 10.2 Å². The molecule has 0 spiro atoms. The van der Waals surface area contributed by atoms with E-state index in [9.17, 15) is 0 Å². The fraction of sp³-hybridized carbons (Fsp3) is 0.333. The Morgan fingerprint density at radius 3 is 2.80 bits per heavy atom. The smallest absolute Gasteiger partial charge is 0.154 e. The third-order valence-corrected chi connectivity index (χ3v) is 1.51. The van der Waals surface area contributed by atoms with Crippen LogP contribution in [0.4, 0.5) is 0 Å². The summed E-state index contributed by atoms with van der Waals surface area (Å²) in [6, 6.07) is 1.70. The summed E-state index contributed by atoms with van der Waals surface area (Å²) in [6.07, 6.45) is 0. The number of halogens is 1. The molecular formula is C6H7ClN2O. The molecule has 0 amide bonds. The van der Waals surface area contributed by atoms with Gasteiger partial charge in [0.1, 0.15) is 0 Å². The Labute approximate surface area is 63.7 Å². The minimum atomic E-state index is -0.0923.